The first-order valence-electron chi connectivity index (χ1n) is 8.38. The third-order valence-electron chi connectivity index (χ3n) is 4.41. The number of carbonyl (C=O) groups is 2. The molecule has 0 radical (unpaired) electrons. The number of primary amides is 1. The Morgan fingerprint density at radius 1 is 1.31 bits per heavy atom. The second kappa shape index (κ2) is 8.05. The van der Waals surface area contributed by atoms with Gasteiger partial charge in [0.2, 0.25) is 10.0 Å². The number of esters is 1. The number of benzene rings is 1. The summed E-state index contributed by atoms with van der Waals surface area (Å²) in [6, 6.07) is 3.86. The van der Waals surface area contributed by atoms with Crippen LogP contribution in [0.15, 0.2) is 23.1 Å². The molecule has 1 fully saturated rings. The zero-order valence-electron chi connectivity index (χ0n) is 15.1. The second-order valence-corrected chi connectivity index (χ2v) is 8.14. The fourth-order valence-electron chi connectivity index (χ4n) is 2.85. The van der Waals surface area contributed by atoms with Crippen LogP contribution in [0.5, 0.6) is 5.75 Å². The van der Waals surface area contributed by atoms with Crippen LogP contribution in [0.1, 0.15) is 43.5 Å². The quantitative estimate of drug-likeness (QED) is 0.739. The average Bonchev–Trinajstić information content (AvgIpc) is 2.61. The van der Waals surface area contributed by atoms with Crippen molar-refractivity contribution < 1.29 is 27.5 Å². The largest absolute Gasteiger partial charge is 0.495 e. The van der Waals surface area contributed by atoms with Crippen molar-refractivity contribution >= 4 is 21.9 Å². The number of piperidine rings is 1. The van der Waals surface area contributed by atoms with E-state index >= 15 is 0 Å². The number of rotatable bonds is 6. The summed E-state index contributed by atoms with van der Waals surface area (Å²) in [6.07, 6.45) is 1.41. The van der Waals surface area contributed by atoms with E-state index in [0.29, 0.717) is 6.54 Å². The summed E-state index contributed by atoms with van der Waals surface area (Å²) in [5.74, 6) is -1.48. The Kier molecular flexibility index (Phi) is 6.25. The predicted octanol–water partition coefficient (Wildman–Crippen LogP) is 1.29. The molecule has 0 spiro atoms. The van der Waals surface area contributed by atoms with Gasteiger partial charge in [-0.2, -0.15) is 4.31 Å². The monoisotopic (exact) mass is 384 g/mol. The fourth-order valence-corrected chi connectivity index (χ4v) is 4.73. The number of methoxy groups -OCH3 is 1. The molecule has 0 aliphatic carbocycles. The second-order valence-electron chi connectivity index (χ2n) is 6.28. The van der Waals surface area contributed by atoms with Crippen molar-refractivity contribution in [2.45, 2.75) is 50.2 Å². The fraction of sp³-hybridized carbons (Fsp3) is 0.529. The molecule has 0 unspecified atom stereocenters. The van der Waals surface area contributed by atoms with Crippen molar-refractivity contribution in [3.05, 3.63) is 23.8 Å². The highest BCUT2D eigenvalue weighted by molar-refractivity contribution is 7.89. The van der Waals surface area contributed by atoms with E-state index in [9.17, 15) is 18.0 Å². The van der Waals surface area contributed by atoms with Crippen LogP contribution in [0.4, 0.5) is 0 Å². The summed E-state index contributed by atoms with van der Waals surface area (Å²) in [4.78, 5) is 23.2. The highest BCUT2D eigenvalue weighted by Gasteiger charge is 2.33. The SMILES string of the molecule is COc1ccc(C(=O)O[C@@H](C)C(N)=O)cc1S(=O)(=O)N1CCCC[C@H]1C. The number of ether oxygens (including phenoxy) is 2. The number of amides is 1. The van der Waals surface area contributed by atoms with Crippen LogP contribution >= 0.6 is 0 Å². The van der Waals surface area contributed by atoms with Crippen molar-refractivity contribution in [3.63, 3.8) is 0 Å². The Labute approximate surface area is 153 Å². The van der Waals surface area contributed by atoms with Crippen LogP contribution in [0.25, 0.3) is 0 Å². The number of carbonyl (C=O) groups excluding carboxylic acids is 2. The zero-order chi connectivity index (χ0) is 19.5. The van der Waals surface area contributed by atoms with E-state index in [-0.39, 0.29) is 22.3 Å². The molecule has 1 aliphatic heterocycles. The molecule has 9 heteroatoms. The average molecular weight is 384 g/mol. The van der Waals surface area contributed by atoms with Gasteiger partial charge in [-0.1, -0.05) is 6.42 Å². The third kappa shape index (κ3) is 4.16. The van der Waals surface area contributed by atoms with Crippen LogP contribution in [0, 0.1) is 0 Å². The summed E-state index contributed by atoms with van der Waals surface area (Å²) in [6.45, 7) is 3.62. The van der Waals surface area contributed by atoms with Crippen LogP contribution in [0.2, 0.25) is 0 Å². The van der Waals surface area contributed by atoms with Gasteiger partial charge >= 0.3 is 5.97 Å². The molecule has 0 aromatic heterocycles. The number of hydrogen-bond acceptors (Lipinski definition) is 6. The number of hydrogen-bond donors (Lipinski definition) is 1. The zero-order valence-corrected chi connectivity index (χ0v) is 15.9. The maximum absolute atomic E-state index is 13.1. The highest BCUT2D eigenvalue weighted by atomic mass is 32.2. The molecule has 144 valence electrons. The first kappa shape index (κ1) is 20.2. The van der Waals surface area contributed by atoms with Gasteiger partial charge in [-0.25, -0.2) is 13.2 Å². The van der Waals surface area contributed by atoms with Crippen LogP contribution < -0.4 is 10.5 Å². The van der Waals surface area contributed by atoms with E-state index in [2.05, 4.69) is 0 Å². The molecule has 1 aliphatic rings. The molecule has 1 amide bonds. The van der Waals surface area contributed by atoms with Crippen molar-refractivity contribution in [2.24, 2.45) is 5.73 Å². The molecule has 1 heterocycles. The first-order chi connectivity index (χ1) is 12.2. The van der Waals surface area contributed by atoms with Gasteiger partial charge in [0.1, 0.15) is 10.6 Å². The van der Waals surface area contributed by atoms with Gasteiger partial charge < -0.3 is 15.2 Å². The smallest absolute Gasteiger partial charge is 0.338 e. The molecule has 1 aromatic rings. The van der Waals surface area contributed by atoms with Gasteiger partial charge in [0.25, 0.3) is 5.91 Å². The van der Waals surface area contributed by atoms with E-state index in [1.54, 1.807) is 0 Å². The van der Waals surface area contributed by atoms with E-state index < -0.39 is 28.0 Å². The molecule has 2 atom stereocenters. The van der Waals surface area contributed by atoms with Crippen LogP contribution in [-0.2, 0) is 19.6 Å². The number of nitrogens with zero attached hydrogens (tertiary/aromatic N) is 1. The summed E-state index contributed by atoms with van der Waals surface area (Å²) in [5.41, 5.74) is 5.08. The maximum Gasteiger partial charge on any atom is 0.338 e. The molecule has 1 saturated heterocycles. The standard InChI is InChI=1S/C17H24N2O6S/c1-11-6-4-5-9-19(11)26(22,23)15-10-13(7-8-14(15)24-3)17(21)25-12(2)16(18)20/h7-8,10-12H,4-6,9H2,1-3H3,(H2,18,20)/t11-,12+/m1/s1. The Hall–Kier alpha value is -2.13. The minimum absolute atomic E-state index is 0.00198. The molecule has 8 nitrogen and oxygen atoms in total. The first-order valence-corrected chi connectivity index (χ1v) is 9.82. The molecule has 0 saturated carbocycles. The summed E-state index contributed by atoms with van der Waals surface area (Å²) in [5, 5.41) is 0. The van der Waals surface area contributed by atoms with E-state index in [0.717, 1.165) is 19.3 Å². The molecular weight excluding hydrogens is 360 g/mol. The van der Waals surface area contributed by atoms with E-state index in [1.165, 1.54) is 36.5 Å². The van der Waals surface area contributed by atoms with Crippen molar-refractivity contribution in [1.29, 1.82) is 0 Å². The molecule has 2 N–H and O–H groups in total. The molecule has 1 aromatic carbocycles. The summed E-state index contributed by atoms with van der Waals surface area (Å²) in [7, 11) is -2.48. The molecule has 2 rings (SSSR count). The van der Waals surface area contributed by atoms with Gasteiger partial charge in [0.05, 0.1) is 12.7 Å². The summed E-state index contributed by atoms with van der Waals surface area (Å²) >= 11 is 0. The minimum atomic E-state index is -3.85. The molecule has 0 bridgehead atoms. The lowest BCUT2D eigenvalue weighted by Crippen LogP contribution is -2.42. The van der Waals surface area contributed by atoms with Crippen LogP contribution in [-0.4, -0.2) is 50.4 Å². The maximum atomic E-state index is 13.1. The lowest BCUT2D eigenvalue weighted by Gasteiger charge is -2.32. The Bertz CT molecular complexity index is 792. The predicted molar refractivity (Wildman–Crippen MR) is 94.3 cm³/mol. The minimum Gasteiger partial charge on any atom is -0.495 e. The lowest BCUT2D eigenvalue weighted by atomic mass is 10.1. The van der Waals surface area contributed by atoms with Crippen molar-refractivity contribution in [2.75, 3.05) is 13.7 Å². The molecular formula is C17H24N2O6S. The van der Waals surface area contributed by atoms with Gasteiger partial charge in [-0.15, -0.1) is 0 Å². The van der Waals surface area contributed by atoms with Gasteiger partial charge in [-0.3, -0.25) is 4.79 Å². The normalized spacial score (nSPS) is 19.6. The van der Waals surface area contributed by atoms with E-state index in [4.69, 9.17) is 15.2 Å². The van der Waals surface area contributed by atoms with Crippen LogP contribution in [0.3, 0.4) is 0 Å². The van der Waals surface area contributed by atoms with E-state index in [1.807, 2.05) is 6.92 Å². The van der Waals surface area contributed by atoms with Gasteiger partial charge in [-0.05, 0) is 44.9 Å². The lowest BCUT2D eigenvalue weighted by molar-refractivity contribution is -0.125. The Balaban J connectivity index is 2.41. The number of nitrogens with two attached hydrogens (primary N) is 1. The van der Waals surface area contributed by atoms with Crippen molar-refractivity contribution in [1.82, 2.24) is 4.31 Å². The number of sulfonamides is 1. The Morgan fingerprint density at radius 3 is 2.58 bits per heavy atom. The summed E-state index contributed by atoms with van der Waals surface area (Å²) < 4.78 is 37.8. The third-order valence-corrected chi connectivity index (χ3v) is 6.45. The highest BCUT2D eigenvalue weighted by Crippen LogP contribution is 2.31. The molecule has 26 heavy (non-hydrogen) atoms. The van der Waals surface area contributed by atoms with Crippen molar-refractivity contribution in [3.8, 4) is 5.75 Å². The van der Waals surface area contributed by atoms with Gasteiger partial charge in [0, 0.05) is 12.6 Å². The van der Waals surface area contributed by atoms with Gasteiger partial charge in [0.15, 0.2) is 6.10 Å². The Morgan fingerprint density at radius 2 is 2.00 bits per heavy atom. The topological polar surface area (TPSA) is 116 Å².